The summed E-state index contributed by atoms with van der Waals surface area (Å²) in [7, 11) is 0. The fourth-order valence-electron chi connectivity index (χ4n) is 3.14. The van der Waals surface area contributed by atoms with E-state index in [4.69, 9.17) is 4.98 Å². The molecule has 0 aromatic carbocycles. The van der Waals surface area contributed by atoms with Gasteiger partial charge >= 0.3 is 0 Å². The number of nitrogens with zero attached hydrogens (tertiary/aromatic N) is 5. The average molecular weight is 282 g/mol. The van der Waals surface area contributed by atoms with Crippen LogP contribution in [0.3, 0.4) is 0 Å². The van der Waals surface area contributed by atoms with E-state index in [-0.39, 0.29) is 0 Å². The average Bonchev–Trinajstić information content (AvgIpc) is 3.16. The lowest BCUT2D eigenvalue weighted by molar-refractivity contribution is 0.132. The van der Waals surface area contributed by atoms with Crippen LogP contribution in [0.15, 0.2) is 36.9 Å². The highest BCUT2D eigenvalue weighted by Gasteiger charge is 2.26. The Morgan fingerprint density at radius 3 is 3.14 bits per heavy atom. The number of hydrogen-bond acceptors (Lipinski definition) is 4. The Labute approximate surface area is 122 Å². The number of aromatic nitrogens is 5. The van der Waals surface area contributed by atoms with E-state index in [2.05, 4.69) is 30.7 Å². The van der Waals surface area contributed by atoms with Gasteiger partial charge in [-0.05, 0) is 31.5 Å². The molecule has 1 fully saturated rings. The summed E-state index contributed by atoms with van der Waals surface area (Å²) in [5.74, 6) is 0.971. The summed E-state index contributed by atoms with van der Waals surface area (Å²) >= 11 is 0. The van der Waals surface area contributed by atoms with Crippen LogP contribution >= 0.6 is 0 Å². The van der Waals surface area contributed by atoms with Gasteiger partial charge < -0.3 is 4.40 Å². The van der Waals surface area contributed by atoms with Gasteiger partial charge in [0.05, 0.1) is 11.7 Å². The van der Waals surface area contributed by atoms with Gasteiger partial charge in [-0.1, -0.05) is 12.5 Å². The van der Waals surface area contributed by atoms with Gasteiger partial charge in [0.2, 0.25) is 0 Å². The van der Waals surface area contributed by atoms with Crippen molar-refractivity contribution in [1.82, 2.24) is 29.5 Å². The first-order chi connectivity index (χ1) is 10.4. The molecule has 1 aliphatic heterocycles. The van der Waals surface area contributed by atoms with Gasteiger partial charge in [-0.2, -0.15) is 5.10 Å². The molecular formula is C15H18N6. The Morgan fingerprint density at radius 2 is 2.29 bits per heavy atom. The lowest BCUT2D eigenvalue weighted by atomic mass is 10.0. The van der Waals surface area contributed by atoms with E-state index in [9.17, 15) is 0 Å². The molecule has 0 aliphatic carbocycles. The second-order valence-electron chi connectivity index (χ2n) is 5.55. The van der Waals surface area contributed by atoms with Gasteiger partial charge in [0.1, 0.15) is 17.8 Å². The second-order valence-corrected chi connectivity index (χ2v) is 5.55. The predicted octanol–water partition coefficient (Wildman–Crippen LogP) is 2.18. The molecule has 4 heterocycles. The van der Waals surface area contributed by atoms with Crippen molar-refractivity contribution in [3.63, 3.8) is 0 Å². The zero-order chi connectivity index (χ0) is 14.1. The first kappa shape index (κ1) is 12.5. The van der Waals surface area contributed by atoms with E-state index in [1.165, 1.54) is 12.8 Å². The molecule has 1 atom stereocenters. The largest absolute Gasteiger partial charge is 0.307 e. The molecule has 6 heteroatoms. The van der Waals surface area contributed by atoms with Gasteiger partial charge in [-0.3, -0.25) is 10.00 Å². The van der Waals surface area contributed by atoms with Crippen molar-refractivity contribution in [3.05, 3.63) is 48.4 Å². The van der Waals surface area contributed by atoms with Crippen molar-refractivity contribution in [3.8, 4) is 0 Å². The van der Waals surface area contributed by atoms with E-state index in [1.807, 2.05) is 24.4 Å². The number of fused-ring (bicyclic) bond motifs is 1. The molecule has 1 saturated heterocycles. The lowest BCUT2D eigenvalue weighted by Crippen LogP contribution is -2.33. The van der Waals surface area contributed by atoms with E-state index in [1.54, 1.807) is 6.33 Å². The van der Waals surface area contributed by atoms with Crippen LogP contribution in [0.5, 0.6) is 0 Å². The highest BCUT2D eigenvalue weighted by atomic mass is 15.3. The summed E-state index contributed by atoms with van der Waals surface area (Å²) in [5.41, 5.74) is 2.10. The molecule has 4 rings (SSSR count). The van der Waals surface area contributed by atoms with Gasteiger partial charge in [-0.15, -0.1) is 0 Å². The molecule has 0 radical (unpaired) electrons. The number of likely N-dealkylation sites (tertiary alicyclic amines) is 1. The van der Waals surface area contributed by atoms with Crippen LogP contribution in [-0.2, 0) is 6.54 Å². The molecular weight excluding hydrogens is 264 g/mol. The summed E-state index contributed by atoms with van der Waals surface area (Å²) in [6.45, 7) is 1.94. The van der Waals surface area contributed by atoms with Crippen molar-refractivity contribution in [2.75, 3.05) is 6.54 Å². The van der Waals surface area contributed by atoms with Crippen LogP contribution in [0.25, 0.3) is 5.65 Å². The fourth-order valence-corrected chi connectivity index (χ4v) is 3.14. The van der Waals surface area contributed by atoms with Crippen LogP contribution in [0.4, 0.5) is 0 Å². The van der Waals surface area contributed by atoms with Crippen LogP contribution < -0.4 is 0 Å². The van der Waals surface area contributed by atoms with Crippen molar-refractivity contribution in [2.24, 2.45) is 0 Å². The maximum atomic E-state index is 4.70. The Morgan fingerprint density at radius 1 is 1.29 bits per heavy atom. The minimum Gasteiger partial charge on any atom is -0.307 e. The van der Waals surface area contributed by atoms with E-state index in [0.717, 1.165) is 36.7 Å². The quantitative estimate of drug-likeness (QED) is 0.800. The third-order valence-corrected chi connectivity index (χ3v) is 4.14. The summed E-state index contributed by atoms with van der Waals surface area (Å²) in [6, 6.07) is 6.40. The highest BCUT2D eigenvalue weighted by molar-refractivity contribution is 5.39. The van der Waals surface area contributed by atoms with Gasteiger partial charge in [0, 0.05) is 18.9 Å². The number of aromatic amines is 1. The maximum absolute atomic E-state index is 4.70. The smallest absolute Gasteiger partial charge is 0.141 e. The third-order valence-electron chi connectivity index (χ3n) is 4.14. The minimum absolute atomic E-state index is 0.325. The fraction of sp³-hybridized carbons (Fsp3) is 0.400. The first-order valence-electron chi connectivity index (χ1n) is 7.42. The Balaban J connectivity index is 1.59. The maximum Gasteiger partial charge on any atom is 0.141 e. The number of piperidine rings is 1. The van der Waals surface area contributed by atoms with E-state index >= 15 is 0 Å². The minimum atomic E-state index is 0.325. The summed E-state index contributed by atoms with van der Waals surface area (Å²) < 4.78 is 2.07. The predicted molar refractivity (Wildman–Crippen MR) is 78.6 cm³/mol. The number of H-pyrrole nitrogens is 1. The molecule has 0 saturated carbocycles. The molecule has 1 aliphatic rings. The normalized spacial score (nSPS) is 20.1. The van der Waals surface area contributed by atoms with E-state index in [0.29, 0.717) is 6.04 Å². The standard InChI is InChI=1S/C15H18N6/c1-3-7-20(13(5-1)15-16-11-17-19-15)9-12-10-21-8-4-2-6-14(21)18-12/h2,4,6,8,10-11,13H,1,3,5,7,9H2,(H,16,17,19). The Hall–Kier alpha value is -2.21. The SMILES string of the molecule is c1ccn2cc(CN3CCCCC3c3ncn[nH]3)nc2c1. The molecule has 21 heavy (non-hydrogen) atoms. The van der Waals surface area contributed by atoms with Crippen LogP contribution in [0.1, 0.15) is 36.8 Å². The molecule has 3 aromatic rings. The van der Waals surface area contributed by atoms with Crippen molar-refractivity contribution in [1.29, 1.82) is 0 Å². The number of hydrogen-bond donors (Lipinski definition) is 1. The number of imidazole rings is 1. The molecule has 0 amide bonds. The number of nitrogens with one attached hydrogen (secondary N) is 1. The lowest BCUT2D eigenvalue weighted by Gasteiger charge is -2.33. The van der Waals surface area contributed by atoms with Crippen molar-refractivity contribution >= 4 is 5.65 Å². The number of pyridine rings is 1. The molecule has 0 bridgehead atoms. The zero-order valence-corrected chi connectivity index (χ0v) is 11.8. The summed E-state index contributed by atoms with van der Waals surface area (Å²) in [6.07, 6.45) is 9.35. The van der Waals surface area contributed by atoms with Crippen molar-refractivity contribution < 1.29 is 0 Å². The molecule has 3 aromatic heterocycles. The first-order valence-corrected chi connectivity index (χ1v) is 7.42. The van der Waals surface area contributed by atoms with Crippen molar-refractivity contribution in [2.45, 2.75) is 31.8 Å². The Bertz CT molecular complexity index is 684. The van der Waals surface area contributed by atoms with E-state index < -0.39 is 0 Å². The highest BCUT2D eigenvalue weighted by Crippen LogP contribution is 2.29. The molecule has 1 N–H and O–H groups in total. The molecule has 6 nitrogen and oxygen atoms in total. The topological polar surface area (TPSA) is 62.1 Å². The third kappa shape index (κ3) is 2.42. The zero-order valence-electron chi connectivity index (χ0n) is 11.8. The number of rotatable bonds is 3. The molecule has 0 spiro atoms. The van der Waals surface area contributed by atoms with Crippen LogP contribution in [0, 0.1) is 0 Å². The summed E-state index contributed by atoms with van der Waals surface area (Å²) in [5, 5.41) is 7.01. The monoisotopic (exact) mass is 282 g/mol. The Kier molecular flexibility index (Phi) is 3.16. The summed E-state index contributed by atoms with van der Waals surface area (Å²) in [4.78, 5) is 11.5. The van der Waals surface area contributed by atoms with Gasteiger partial charge in [-0.25, -0.2) is 9.97 Å². The molecule has 1 unspecified atom stereocenters. The van der Waals surface area contributed by atoms with Gasteiger partial charge in [0.25, 0.3) is 0 Å². The van der Waals surface area contributed by atoms with Crippen LogP contribution in [0.2, 0.25) is 0 Å². The molecule has 108 valence electrons. The van der Waals surface area contributed by atoms with Crippen LogP contribution in [-0.4, -0.2) is 36.0 Å². The second kappa shape index (κ2) is 5.29. The van der Waals surface area contributed by atoms with Gasteiger partial charge in [0.15, 0.2) is 0 Å².